The molecule has 4 unspecified atom stereocenters. The summed E-state index contributed by atoms with van der Waals surface area (Å²) >= 11 is 0. The molecular formula is C26H32O5. The SMILES string of the molecule is Cc1cc(C)c(C2=C(OC(O)Oc3ccccc3)CC(CC3CCOC3)C2O)c(C)c1. The molecule has 1 aliphatic heterocycles. The molecule has 0 amide bonds. The first kappa shape index (κ1) is 21.9. The first-order valence-corrected chi connectivity index (χ1v) is 11.1. The molecule has 0 saturated carbocycles. The molecule has 1 saturated heterocycles. The summed E-state index contributed by atoms with van der Waals surface area (Å²) in [5.74, 6) is 1.61. The molecule has 2 aromatic rings. The van der Waals surface area contributed by atoms with E-state index >= 15 is 0 Å². The molecule has 0 bridgehead atoms. The summed E-state index contributed by atoms with van der Waals surface area (Å²) < 4.78 is 17.0. The number of aryl methyl sites for hydroxylation is 3. The van der Waals surface area contributed by atoms with E-state index in [0.29, 0.717) is 23.8 Å². The number of allylic oxidation sites excluding steroid dienone is 1. The first-order valence-electron chi connectivity index (χ1n) is 11.1. The number of aliphatic hydroxyl groups is 2. The zero-order valence-electron chi connectivity index (χ0n) is 18.5. The van der Waals surface area contributed by atoms with Gasteiger partial charge in [-0.2, -0.15) is 0 Å². The molecule has 2 aliphatic rings. The molecule has 166 valence electrons. The highest BCUT2D eigenvalue weighted by molar-refractivity contribution is 5.77. The highest BCUT2D eigenvalue weighted by atomic mass is 16.8. The van der Waals surface area contributed by atoms with E-state index in [4.69, 9.17) is 14.2 Å². The van der Waals surface area contributed by atoms with Gasteiger partial charge in [0.2, 0.25) is 0 Å². The summed E-state index contributed by atoms with van der Waals surface area (Å²) in [5, 5.41) is 21.8. The maximum Gasteiger partial charge on any atom is 0.358 e. The van der Waals surface area contributed by atoms with Gasteiger partial charge in [-0.05, 0) is 74.3 Å². The van der Waals surface area contributed by atoms with Crippen LogP contribution in [-0.4, -0.2) is 36.0 Å². The number of aliphatic hydroxyl groups excluding tert-OH is 2. The van der Waals surface area contributed by atoms with Gasteiger partial charge in [-0.25, -0.2) is 0 Å². The Hall–Kier alpha value is -2.34. The molecule has 0 aromatic heterocycles. The van der Waals surface area contributed by atoms with Gasteiger partial charge in [0.1, 0.15) is 11.5 Å². The van der Waals surface area contributed by atoms with E-state index in [2.05, 4.69) is 32.9 Å². The molecule has 1 fully saturated rings. The van der Waals surface area contributed by atoms with Crippen LogP contribution < -0.4 is 4.74 Å². The second-order valence-corrected chi connectivity index (χ2v) is 8.84. The van der Waals surface area contributed by atoms with Crippen LogP contribution in [0.4, 0.5) is 0 Å². The lowest BCUT2D eigenvalue weighted by molar-refractivity contribution is -0.194. The van der Waals surface area contributed by atoms with Gasteiger partial charge in [-0.15, -0.1) is 0 Å². The number of ether oxygens (including phenoxy) is 3. The third-order valence-electron chi connectivity index (χ3n) is 6.32. The summed E-state index contributed by atoms with van der Waals surface area (Å²) in [5.41, 5.74) is 5.15. The van der Waals surface area contributed by atoms with Crippen molar-refractivity contribution < 1.29 is 24.4 Å². The molecule has 1 heterocycles. The zero-order chi connectivity index (χ0) is 22.0. The molecule has 31 heavy (non-hydrogen) atoms. The van der Waals surface area contributed by atoms with E-state index in [1.54, 1.807) is 12.1 Å². The van der Waals surface area contributed by atoms with Crippen molar-refractivity contribution in [1.29, 1.82) is 0 Å². The highest BCUT2D eigenvalue weighted by Gasteiger charge is 2.39. The van der Waals surface area contributed by atoms with Crippen molar-refractivity contribution in [3.05, 3.63) is 70.5 Å². The predicted molar refractivity (Wildman–Crippen MR) is 119 cm³/mol. The largest absolute Gasteiger partial charge is 0.436 e. The Morgan fingerprint density at radius 3 is 2.42 bits per heavy atom. The molecule has 0 radical (unpaired) electrons. The number of benzene rings is 2. The van der Waals surface area contributed by atoms with Gasteiger partial charge in [-0.1, -0.05) is 35.9 Å². The topological polar surface area (TPSA) is 68.2 Å². The van der Waals surface area contributed by atoms with Crippen LogP contribution >= 0.6 is 0 Å². The van der Waals surface area contributed by atoms with Gasteiger partial charge < -0.3 is 24.4 Å². The zero-order valence-corrected chi connectivity index (χ0v) is 18.5. The summed E-state index contributed by atoms with van der Waals surface area (Å²) in [6.45, 7) is 6.28. The molecular weight excluding hydrogens is 392 g/mol. The van der Waals surface area contributed by atoms with Gasteiger partial charge in [0.25, 0.3) is 0 Å². The maximum absolute atomic E-state index is 11.4. The van der Waals surface area contributed by atoms with Crippen LogP contribution in [-0.2, 0) is 9.47 Å². The van der Waals surface area contributed by atoms with Crippen LogP contribution in [0, 0.1) is 32.6 Å². The Labute approximate surface area is 184 Å². The lowest BCUT2D eigenvalue weighted by Gasteiger charge is -2.22. The van der Waals surface area contributed by atoms with Crippen LogP contribution in [0.3, 0.4) is 0 Å². The Balaban J connectivity index is 1.62. The third-order valence-corrected chi connectivity index (χ3v) is 6.32. The van der Waals surface area contributed by atoms with Crippen molar-refractivity contribution in [2.45, 2.75) is 52.6 Å². The highest BCUT2D eigenvalue weighted by Crippen LogP contribution is 2.44. The monoisotopic (exact) mass is 424 g/mol. The predicted octanol–water partition coefficient (Wildman–Crippen LogP) is 4.50. The molecule has 4 rings (SSSR count). The van der Waals surface area contributed by atoms with Crippen molar-refractivity contribution in [2.24, 2.45) is 11.8 Å². The first-order chi connectivity index (χ1) is 14.9. The molecule has 2 aromatic carbocycles. The van der Waals surface area contributed by atoms with Crippen molar-refractivity contribution in [2.75, 3.05) is 13.2 Å². The van der Waals surface area contributed by atoms with E-state index < -0.39 is 12.6 Å². The van der Waals surface area contributed by atoms with Crippen LogP contribution in [0.25, 0.3) is 5.57 Å². The fourth-order valence-electron chi connectivity index (χ4n) is 5.03. The normalized spacial score (nSPS) is 24.5. The fraction of sp³-hybridized carbons (Fsp3) is 0.462. The Morgan fingerprint density at radius 2 is 1.77 bits per heavy atom. The minimum Gasteiger partial charge on any atom is -0.436 e. The maximum atomic E-state index is 11.4. The van der Waals surface area contributed by atoms with E-state index in [1.807, 2.05) is 18.2 Å². The van der Waals surface area contributed by atoms with Gasteiger partial charge in [0.05, 0.1) is 6.10 Å². The lowest BCUT2D eigenvalue weighted by atomic mass is 9.86. The molecule has 5 heteroatoms. The average Bonchev–Trinajstić information content (AvgIpc) is 3.32. The van der Waals surface area contributed by atoms with E-state index in [9.17, 15) is 10.2 Å². The average molecular weight is 425 g/mol. The van der Waals surface area contributed by atoms with Crippen molar-refractivity contribution >= 4 is 5.57 Å². The van der Waals surface area contributed by atoms with Crippen LogP contribution in [0.15, 0.2) is 48.2 Å². The smallest absolute Gasteiger partial charge is 0.358 e. The van der Waals surface area contributed by atoms with Gasteiger partial charge >= 0.3 is 6.48 Å². The van der Waals surface area contributed by atoms with Crippen LogP contribution in [0.5, 0.6) is 5.75 Å². The molecule has 2 N–H and O–H groups in total. The summed E-state index contributed by atoms with van der Waals surface area (Å²) in [6, 6.07) is 13.3. The molecule has 0 spiro atoms. The lowest BCUT2D eigenvalue weighted by Crippen LogP contribution is -2.20. The Kier molecular flexibility index (Phi) is 6.65. The molecule has 4 atom stereocenters. The van der Waals surface area contributed by atoms with E-state index in [0.717, 1.165) is 48.3 Å². The summed E-state index contributed by atoms with van der Waals surface area (Å²) in [6.07, 6.45) is 1.81. The quantitative estimate of drug-likeness (QED) is 0.641. The van der Waals surface area contributed by atoms with Crippen molar-refractivity contribution in [1.82, 2.24) is 0 Å². The number of hydrogen-bond acceptors (Lipinski definition) is 5. The van der Waals surface area contributed by atoms with Crippen molar-refractivity contribution in [3.63, 3.8) is 0 Å². The van der Waals surface area contributed by atoms with E-state index in [-0.39, 0.29) is 5.92 Å². The van der Waals surface area contributed by atoms with Gasteiger partial charge in [0.15, 0.2) is 0 Å². The second kappa shape index (κ2) is 9.43. The minimum atomic E-state index is -1.45. The summed E-state index contributed by atoms with van der Waals surface area (Å²) in [4.78, 5) is 0. The number of hydrogen-bond donors (Lipinski definition) is 2. The Bertz CT molecular complexity index is 907. The van der Waals surface area contributed by atoms with Gasteiger partial charge in [0, 0.05) is 25.2 Å². The van der Waals surface area contributed by atoms with Crippen LogP contribution in [0.2, 0.25) is 0 Å². The number of para-hydroxylation sites is 1. The molecule has 1 aliphatic carbocycles. The number of rotatable bonds is 7. The standard InChI is InChI=1S/C26H32O5/c1-16-11-17(2)23(18(3)12-16)24-22(31-26(28)30-21-7-5-4-6-8-21)14-20(25(24)27)13-19-9-10-29-15-19/h4-8,11-12,19-20,25-28H,9-10,13-15H2,1-3H3. The van der Waals surface area contributed by atoms with Gasteiger partial charge in [-0.3, -0.25) is 0 Å². The second-order valence-electron chi connectivity index (χ2n) is 8.84. The van der Waals surface area contributed by atoms with E-state index in [1.165, 1.54) is 5.56 Å². The fourth-order valence-corrected chi connectivity index (χ4v) is 5.03. The third kappa shape index (κ3) is 4.95. The van der Waals surface area contributed by atoms with Crippen molar-refractivity contribution in [3.8, 4) is 5.75 Å². The summed E-state index contributed by atoms with van der Waals surface area (Å²) in [7, 11) is 0. The minimum absolute atomic E-state index is 0.0285. The Morgan fingerprint density at radius 1 is 1.06 bits per heavy atom. The van der Waals surface area contributed by atoms with Crippen LogP contribution in [0.1, 0.15) is 41.5 Å². The molecule has 5 nitrogen and oxygen atoms in total.